The molecule has 5 N–H and O–H groups in total. The van der Waals surface area contributed by atoms with Gasteiger partial charge in [-0.25, -0.2) is 8.78 Å². The van der Waals surface area contributed by atoms with Crippen molar-refractivity contribution >= 4 is 55.8 Å². The van der Waals surface area contributed by atoms with Crippen LogP contribution in [0.4, 0.5) is 31.5 Å². The van der Waals surface area contributed by atoms with Gasteiger partial charge in [0.15, 0.2) is 0 Å². The third-order valence-electron chi connectivity index (χ3n) is 16.8. The molecule has 1 aromatic heterocycles. The van der Waals surface area contributed by atoms with Crippen molar-refractivity contribution in [2.75, 3.05) is 150 Å². The molecule has 0 amide bonds. The molecule has 0 spiro atoms. The summed E-state index contributed by atoms with van der Waals surface area (Å²) in [5, 5.41) is 4.59. The van der Waals surface area contributed by atoms with Crippen LogP contribution in [0.3, 0.4) is 0 Å². The molecular weight excluding hydrogens is 1060 g/mol. The first-order chi connectivity index (χ1) is 39.6. The van der Waals surface area contributed by atoms with Crippen molar-refractivity contribution < 1.29 is 33.3 Å². The summed E-state index contributed by atoms with van der Waals surface area (Å²) in [7, 11) is 20.2. The second-order valence-electron chi connectivity index (χ2n) is 22.8. The van der Waals surface area contributed by atoms with Crippen molar-refractivity contribution in [3.63, 3.8) is 0 Å². The predicted molar refractivity (Wildman–Crippen MR) is 340 cm³/mol. The second-order valence-corrected chi connectivity index (χ2v) is 24.1. The molecule has 440 valence electrons. The molecular formula is C68H91ClF2N10S. The number of halogens is 3. The Bertz CT molecular complexity index is 2880. The maximum Gasteiger partial charge on any atom is 0.123 e. The zero-order valence-electron chi connectivity index (χ0n) is 49.3. The highest BCUT2D eigenvalue weighted by Gasteiger charge is 2.26. The molecule has 12 rings (SSSR count). The Labute approximate surface area is 499 Å². The number of fused-ring (bicyclic) bond motifs is 1. The van der Waals surface area contributed by atoms with Crippen molar-refractivity contribution in [3.8, 4) is 0 Å². The fraction of sp³-hybridized carbons (Fsp3) is 0.368. The largest absolute Gasteiger partial charge is 0.466 e. The van der Waals surface area contributed by atoms with Crippen molar-refractivity contribution in [1.29, 1.82) is 0 Å². The van der Waals surface area contributed by atoms with E-state index in [1.807, 2.05) is 35.6 Å². The van der Waals surface area contributed by atoms with Crippen LogP contribution >= 0.6 is 22.9 Å². The van der Waals surface area contributed by atoms with E-state index in [0.29, 0.717) is 0 Å². The van der Waals surface area contributed by atoms with E-state index in [1.165, 1.54) is 86.0 Å². The highest BCUT2D eigenvalue weighted by Crippen LogP contribution is 2.33. The van der Waals surface area contributed by atoms with Crippen LogP contribution in [0.25, 0.3) is 10.1 Å². The quantitative estimate of drug-likeness (QED) is 0.129. The van der Waals surface area contributed by atoms with Gasteiger partial charge in [-0.2, -0.15) is 35.2 Å². The highest BCUT2D eigenvalue weighted by atomic mass is 35.5. The van der Waals surface area contributed by atoms with Gasteiger partial charge in [0.2, 0.25) is 0 Å². The third kappa shape index (κ3) is 17.7. The normalized spacial score (nSPS) is 18.3. The maximum atomic E-state index is 13.3. The van der Waals surface area contributed by atoms with Crippen LogP contribution < -0.4 is 44.1 Å². The van der Waals surface area contributed by atoms with Crippen LogP contribution in [0.1, 0.15) is 39.4 Å². The molecule has 6 heterocycles. The van der Waals surface area contributed by atoms with E-state index in [-0.39, 0.29) is 17.7 Å². The van der Waals surface area contributed by atoms with E-state index in [4.69, 9.17) is 11.6 Å². The Balaban J connectivity index is 0.000000136. The molecule has 1 atom stereocenters. The molecule has 5 aliphatic heterocycles. The van der Waals surface area contributed by atoms with Gasteiger partial charge in [0.05, 0.1) is 140 Å². The lowest BCUT2D eigenvalue weighted by molar-refractivity contribution is -0.859. The minimum Gasteiger partial charge on any atom is -0.466 e. The van der Waals surface area contributed by atoms with E-state index < -0.39 is 0 Å². The first-order valence-corrected chi connectivity index (χ1v) is 30.8. The molecule has 5 saturated heterocycles. The van der Waals surface area contributed by atoms with Crippen LogP contribution in [0.15, 0.2) is 139 Å². The van der Waals surface area contributed by atoms with Crippen molar-refractivity contribution in [2.24, 2.45) is 0 Å². The van der Waals surface area contributed by atoms with Crippen LogP contribution in [-0.4, -0.2) is 136 Å². The van der Waals surface area contributed by atoms with Crippen LogP contribution in [0.2, 0.25) is 5.02 Å². The Hall–Kier alpha value is -5.61. The maximum absolute atomic E-state index is 13.3. The monoisotopic (exact) mass is 1150 g/mol. The standard InChI is InChI=1S/C19H23FN2.C13H16N2S.C13H20N2.C12H17ClN2.C11H15FN2/c1-15-3-5-16(6-4-15)19(17-7-9-18(20)10-8-17)22-13-11-21(2)12-14-22;1-14-6-8-15(9-7-14)12-10-16-13-5-3-2-4-11(12)13;1-11-5-4-6-13(12(11)2)15-9-7-14(3)8-10-15;1-10-4-3-5-11(12(10)13)15-8-6-14(2)7-9-15;1-13-6-8-14(9-7-13)11-4-2-10(12)3-5-11/h3-10,19,21H,2,11-14H2,1H3;2-5,10,14H,1,6-9H2;4-6,14H,3,7-10H2,1-2H3;3-5,14H,2,6-9H2,1H3;2-5,13H,1,6-9H2. The van der Waals surface area contributed by atoms with Crippen molar-refractivity contribution in [3.05, 3.63) is 224 Å². The first kappa shape index (κ1) is 62.4. The summed E-state index contributed by atoms with van der Waals surface area (Å²) < 4.78 is 27.3. The fourth-order valence-corrected chi connectivity index (χ4v) is 12.4. The van der Waals surface area contributed by atoms with Gasteiger partial charge in [-0.15, -0.1) is 11.3 Å². The van der Waals surface area contributed by atoms with E-state index in [0.717, 1.165) is 153 Å². The van der Waals surface area contributed by atoms with Gasteiger partial charge in [-0.1, -0.05) is 96.0 Å². The van der Waals surface area contributed by atoms with Gasteiger partial charge >= 0.3 is 0 Å². The zero-order chi connectivity index (χ0) is 58.1. The number of rotatable bonds is 7. The minimum absolute atomic E-state index is 0.171. The molecule has 7 aromatic rings. The molecule has 0 saturated carbocycles. The number of nitrogens with one attached hydrogen (secondary N) is 5. The molecule has 6 aromatic carbocycles. The lowest BCUT2D eigenvalue weighted by Gasteiger charge is -2.39. The Morgan fingerprint density at radius 2 is 0.829 bits per heavy atom. The highest BCUT2D eigenvalue weighted by molar-refractivity contribution is 7.17. The molecule has 0 bridgehead atoms. The van der Waals surface area contributed by atoms with Crippen LogP contribution in [0.5, 0.6) is 0 Å². The Kier molecular flexibility index (Phi) is 23.4. The summed E-state index contributed by atoms with van der Waals surface area (Å²) in [5.41, 5.74) is 12.7. The van der Waals surface area contributed by atoms with E-state index in [1.54, 1.807) is 12.1 Å². The van der Waals surface area contributed by atoms with Gasteiger partial charge in [-0.05, 0) is 110 Å². The van der Waals surface area contributed by atoms with Crippen LogP contribution in [0, 0.1) is 74.6 Å². The Morgan fingerprint density at radius 3 is 1.34 bits per heavy atom. The zero-order valence-corrected chi connectivity index (χ0v) is 50.9. The lowest BCUT2D eigenvalue weighted by Crippen LogP contribution is -3.10. The summed E-state index contributed by atoms with van der Waals surface area (Å²) in [5.74, 6) is -0.353. The number of anilines is 4. The fourth-order valence-electron chi connectivity index (χ4n) is 11.2. The topological polar surface area (TPSA) is 38.4 Å². The molecule has 82 heavy (non-hydrogen) atoms. The number of hydrogen-bond acceptors (Lipinski definition) is 6. The van der Waals surface area contributed by atoms with Crippen molar-refractivity contribution in [1.82, 2.24) is 4.90 Å². The van der Waals surface area contributed by atoms with E-state index in [2.05, 4.69) is 178 Å². The molecule has 0 radical (unpaired) electrons. The number of piperazine rings is 5. The Morgan fingerprint density at radius 1 is 0.427 bits per heavy atom. The molecule has 10 nitrogen and oxygen atoms in total. The summed E-state index contributed by atoms with van der Waals surface area (Å²) in [6.45, 7) is 30.1. The lowest BCUT2D eigenvalue weighted by atomic mass is 9.95. The summed E-state index contributed by atoms with van der Waals surface area (Å²) >= 11 is 8.14. The molecule has 5 aliphatic rings. The predicted octanol–water partition coefficient (Wildman–Crippen LogP) is 5.88. The number of aryl methyl sites for hydroxylation is 3. The number of nitrogens with zero attached hydrogens (tertiary/aromatic N) is 5. The van der Waals surface area contributed by atoms with E-state index >= 15 is 0 Å². The second kappa shape index (κ2) is 30.8. The number of thiophene rings is 1. The van der Waals surface area contributed by atoms with Gasteiger partial charge < -0.3 is 44.1 Å². The molecule has 0 aliphatic carbocycles. The minimum atomic E-state index is -0.182. The SMILES string of the molecule is [CH2-][NH+]1CCN(C(c2ccc(C)cc2)c2ccc(F)cc2)CC1.[CH2-][NH+]1CCN(c2ccc(F)cc2)CC1.[CH2-][NH+]1CCN(c2cccc(C)c2C)CC1.[CH2-][NH+]1CCN(c2cccc(C)c2Cl)CC1.[CH2-][NH+]1CCN(c2csc3ccccc23)CC1. The summed E-state index contributed by atoms with van der Waals surface area (Å²) in [4.78, 5) is 18.9. The number of benzene rings is 6. The van der Waals surface area contributed by atoms with Gasteiger partial charge in [-0.3, -0.25) is 4.90 Å². The third-order valence-corrected chi connectivity index (χ3v) is 18.2. The number of hydrogen-bond donors (Lipinski definition) is 5. The number of quaternary nitrogens is 5. The average Bonchev–Trinajstić information content (AvgIpc) is 3.94. The van der Waals surface area contributed by atoms with Gasteiger partial charge in [0, 0.05) is 39.9 Å². The smallest absolute Gasteiger partial charge is 0.123 e. The first-order valence-electron chi connectivity index (χ1n) is 29.5. The van der Waals surface area contributed by atoms with Gasteiger partial charge in [0.1, 0.15) is 11.6 Å². The molecule has 14 heteroatoms. The summed E-state index contributed by atoms with van der Waals surface area (Å²) in [6, 6.07) is 43.9. The van der Waals surface area contributed by atoms with Crippen molar-refractivity contribution in [2.45, 2.75) is 33.7 Å². The average molecular weight is 1150 g/mol. The van der Waals surface area contributed by atoms with E-state index in [9.17, 15) is 8.78 Å². The summed E-state index contributed by atoms with van der Waals surface area (Å²) in [6.07, 6.45) is 0. The molecule has 5 fully saturated rings. The molecule has 1 unspecified atom stereocenters. The van der Waals surface area contributed by atoms with Crippen LogP contribution in [-0.2, 0) is 0 Å². The van der Waals surface area contributed by atoms with Gasteiger partial charge in [0.25, 0.3) is 0 Å².